The first kappa shape index (κ1) is 8.92. The van der Waals surface area contributed by atoms with Gasteiger partial charge in [0.1, 0.15) is 12.1 Å². The van der Waals surface area contributed by atoms with Crippen molar-refractivity contribution >= 4 is 12.1 Å². The number of carbonyl (C=O) groups excluding carboxylic acids is 2. The van der Waals surface area contributed by atoms with E-state index in [0.29, 0.717) is 18.1 Å². The molecule has 0 aliphatic heterocycles. The minimum absolute atomic E-state index is 0.0475. The lowest BCUT2D eigenvalue weighted by Gasteiger charge is -2.24. The van der Waals surface area contributed by atoms with Crippen LogP contribution >= 0.6 is 0 Å². The van der Waals surface area contributed by atoms with Gasteiger partial charge in [0.05, 0.1) is 0 Å². The van der Waals surface area contributed by atoms with E-state index in [-0.39, 0.29) is 17.3 Å². The summed E-state index contributed by atoms with van der Waals surface area (Å²) < 4.78 is 0. The lowest BCUT2D eigenvalue weighted by Crippen LogP contribution is -2.22. The van der Waals surface area contributed by atoms with Gasteiger partial charge in [0.15, 0.2) is 0 Å². The highest BCUT2D eigenvalue weighted by molar-refractivity contribution is 5.89. The van der Waals surface area contributed by atoms with E-state index in [0.717, 1.165) is 19.1 Å². The van der Waals surface area contributed by atoms with Crippen molar-refractivity contribution in [2.24, 2.45) is 23.2 Å². The highest BCUT2D eigenvalue weighted by Crippen LogP contribution is 2.58. The van der Waals surface area contributed by atoms with Gasteiger partial charge < -0.3 is 4.79 Å². The summed E-state index contributed by atoms with van der Waals surface area (Å²) in [5, 5.41) is 0. The Morgan fingerprint density at radius 2 is 2.15 bits per heavy atom. The molecule has 2 aliphatic carbocycles. The number of carbonyl (C=O) groups is 2. The lowest BCUT2D eigenvalue weighted by molar-refractivity contribution is -0.127. The van der Waals surface area contributed by atoms with E-state index in [1.54, 1.807) is 0 Å². The number of aldehydes is 1. The first-order chi connectivity index (χ1) is 6.09. The van der Waals surface area contributed by atoms with E-state index in [4.69, 9.17) is 0 Å². The van der Waals surface area contributed by atoms with Crippen LogP contribution in [0.5, 0.6) is 0 Å². The van der Waals surface area contributed by atoms with Crippen LogP contribution in [0.3, 0.4) is 0 Å². The Hall–Kier alpha value is -0.660. The molecule has 0 saturated heterocycles. The van der Waals surface area contributed by atoms with Crippen LogP contribution in [0.15, 0.2) is 0 Å². The van der Waals surface area contributed by atoms with Gasteiger partial charge in [0.25, 0.3) is 0 Å². The van der Waals surface area contributed by atoms with Crippen LogP contribution < -0.4 is 0 Å². The Morgan fingerprint density at radius 1 is 1.46 bits per heavy atom. The summed E-state index contributed by atoms with van der Waals surface area (Å²) in [6, 6.07) is 0. The molecule has 0 radical (unpaired) electrons. The van der Waals surface area contributed by atoms with Gasteiger partial charge in [-0.2, -0.15) is 0 Å². The topological polar surface area (TPSA) is 34.1 Å². The summed E-state index contributed by atoms with van der Waals surface area (Å²) in [7, 11) is 0. The highest BCUT2D eigenvalue weighted by atomic mass is 16.1. The maximum absolute atomic E-state index is 11.8. The first-order valence-corrected chi connectivity index (χ1v) is 5.06. The zero-order valence-electron chi connectivity index (χ0n) is 8.25. The van der Waals surface area contributed by atoms with E-state index in [1.807, 2.05) is 0 Å². The van der Waals surface area contributed by atoms with E-state index in [1.165, 1.54) is 0 Å². The van der Waals surface area contributed by atoms with Crippen molar-refractivity contribution in [2.45, 2.75) is 33.1 Å². The smallest absolute Gasteiger partial charge is 0.140 e. The third-order valence-corrected chi connectivity index (χ3v) is 4.16. The average molecular weight is 180 g/mol. The molecule has 0 N–H and O–H groups in total. The van der Waals surface area contributed by atoms with Crippen LogP contribution in [0.2, 0.25) is 0 Å². The summed E-state index contributed by atoms with van der Waals surface area (Å²) in [5.74, 6) is 1.11. The lowest BCUT2D eigenvalue weighted by atomic mass is 9.79. The van der Waals surface area contributed by atoms with Gasteiger partial charge in [-0.1, -0.05) is 13.8 Å². The maximum atomic E-state index is 11.8. The summed E-state index contributed by atoms with van der Waals surface area (Å²) in [6.07, 6.45) is 3.54. The second-order valence-corrected chi connectivity index (χ2v) is 4.97. The minimum atomic E-state index is 0.0475. The highest BCUT2D eigenvalue weighted by Gasteiger charge is 2.58. The van der Waals surface area contributed by atoms with Crippen LogP contribution in [0.25, 0.3) is 0 Å². The monoisotopic (exact) mass is 180 g/mol. The SMILES string of the molecule is CC1(C)[C@@H]2CC[C@H]1C(=O)[C@H]2CC=O. The fraction of sp³-hybridized carbons (Fsp3) is 0.818. The van der Waals surface area contributed by atoms with E-state index >= 15 is 0 Å². The zero-order chi connectivity index (χ0) is 9.64. The standard InChI is InChI=1S/C11H16O2/c1-11(2)8-3-4-9(11)10(13)7(8)5-6-12/h6-9H,3-5H2,1-2H3/t7-,8+,9-/m0/s1. The Kier molecular flexibility index (Phi) is 1.83. The van der Waals surface area contributed by atoms with Crippen molar-refractivity contribution < 1.29 is 9.59 Å². The minimum Gasteiger partial charge on any atom is -0.303 e. The molecule has 72 valence electrons. The molecule has 2 heteroatoms. The van der Waals surface area contributed by atoms with Gasteiger partial charge in [-0.3, -0.25) is 4.79 Å². The summed E-state index contributed by atoms with van der Waals surface area (Å²) in [6.45, 7) is 4.36. The predicted octanol–water partition coefficient (Wildman–Crippen LogP) is 1.83. The molecule has 2 rings (SSSR count). The number of rotatable bonds is 2. The van der Waals surface area contributed by atoms with E-state index in [2.05, 4.69) is 13.8 Å². The first-order valence-electron chi connectivity index (χ1n) is 5.06. The van der Waals surface area contributed by atoms with E-state index in [9.17, 15) is 9.59 Å². The summed E-state index contributed by atoms with van der Waals surface area (Å²) >= 11 is 0. The average Bonchev–Trinajstić information content (AvgIpc) is 2.43. The Labute approximate surface area is 78.7 Å². The second-order valence-electron chi connectivity index (χ2n) is 4.97. The molecule has 0 unspecified atom stereocenters. The van der Waals surface area contributed by atoms with Gasteiger partial charge in [0.2, 0.25) is 0 Å². The number of ketones is 1. The quantitative estimate of drug-likeness (QED) is 0.607. The van der Waals surface area contributed by atoms with E-state index < -0.39 is 0 Å². The van der Waals surface area contributed by atoms with Gasteiger partial charge in [-0.05, 0) is 24.2 Å². The predicted molar refractivity (Wildman–Crippen MR) is 49.2 cm³/mol. The molecule has 0 aromatic rings. The van der Waals surface area contributed by atoms with Crippen LogP contribution in [0.4, 0.5) is 0 Å². The number of hydrogen-bond acceptors (Lipinski definition) is 2. The molecular formula is C11H16O2. The molecule has 2 fully saturated rings. The van der Waals surface area contributed by atoms with Gasteiger partial charge in [-0.15, -0.1) is 0 Å². The van der Waals surface area contributed by atoms with Crippen LogP contribution in [0, 0.1) is 23.2 Å². The van der Waals surface area contributed by atoms with Crippen molar-refractivity contribution in [1.29, 1.82) is 0 Å². The Morgan fingerprint density at radius 3 is 2.62 bits per heavy atom. The summed E-state index contributed by atoms with van der Waals surface area (Å²) in [5.41, 5.74) is 0.157. The normalized spacial score (nSPS) is 41.1. The maximum Gasteiger partial charge on any atom is 0.140 e. The van der Waals surface area contributed by atoms with Crippen molar-refractivity contribution in [3.8, 4) is 0 Å². The molecule has 2 nitrogen and oxygen atoms in total. The Balaban J connectivity index is 2.27. The zero-order valence-corrected chi connectivity index (χ0v) is 8.25. The van der Waals surface area contributed by atoms with Crippen molar-refractivity contribution in [3.05, 3.63) is 0 Å². The van der Waals surface area contributed by atoms with Crippen molar-refractivity contribution in [2.75, 3.05) is 0 Å². The van der Waals surface area contributed by atoms with Crippen molar-refractivity contribution in [1.82, 2.24) is 0 Å². The molecule has 2 saturated carbocycles. The fourth-order valence-electron chi connectivity index (χ4n) is 3.42. The molecule has 0 aromatic carbocycles. The third kappa shape index (κ3) is 1.01. The second kappa shape index (κ2) is 2.66. The van der Waals surface area contributed by atoms with Gasteiger partial charge in [0, 0.05) is 18.3 Å². The number of fused-ring (bicyclic) bond motifs is 2. The third-order valence-electron chi connectivity index (χ3n) is 4.16. The summed E-state index contributed by atoms with van der Waals surface area (Å²) in [4.78, 5) is 22.3. The molecule has 2 aliphatic rings. The molecule has 0 spiro atoms. The molecule has 0 aromatic heterocycles. The molecule has 0 heterocycles. The van der Waals surface area contributed by atoms with Gasteiger partial charge >= 0.3 is 0 Å². The van der Waals surface area contributed by atoms with Crippen LogP contribution in [-0.2, 0) is 9.59 Å². The Bertz CT molecular complexity index is 255. The molecule has 2 bridgehead atoms. The number of hydrogen-bond donors (Lipinski definition) is 0. The fourth-order valence-corrected chi connectivity index (χ4v) is 3.42. The molecule has 3 atom stereocenters. The molecule has 0 amide bonds. The van der Waals surface area contributed by atoms with Crippen LogP contribution in [0.1, 0.15) is 33.1 Å². The van der Waals surface area contributed by atoms with Crippen molar-refractivity contribution in [3.63, 3.8) is 0 Å². The largest absolute Gasteiger partial charge is 0.303 e. The van der Waals surface area contributed by atoms with Crippen LogP contribution in [-0.4, -0.2) is 12.1 Å². The van der Waals surface area contributed by atoms with Gasteiger partial charge in [-0.25, -0.2) is 0 Å². The molecular weight excluding hydrogens is 164 g/mol. The number of Topliss-reactive ketones (excluding diaryl/α,β-unsaturated/α-hetero) is 1. The molecule has 13 heavy (non-hydrogen) atoms.